The van der Waals surface area contributed by atoms with Crippen molar-refractivity contribution in [1.29, 1.82) is 0 Å². The van der Waals surface area contributed by atoms with Crippen LogP contribution in [0.5, 0.6) is 0 Å². The number of hydrogen-bond donors (Lipinski definition) is 1. The molecule has 0 saturated carbocycles. The molecule has 0 spiro atoms. The van der Waals surface area contributed by atoms with Crippen molar-refractivity contribution in [1.82, 2.24) is 14.5 Å². The minimum absolute atomic E-state index is 0.219. The van der Waals surface area contributed by atoms with Crippen molar-refractivity contribution in [3.05, 3.63) is 45.1 Å². The van der Waals surface area contributed by atoms with Crippen molar-refractivity contribution in [2.75, 3.05) is 7.05 Å². The maximum absolute atomic E-state index is 12.0. The van der Waals surface area contributed by atoms with Gasteiger partial charge < -0.3 is 5.32 Å². The predicted molar refractivity (Wildman–Crippen MR) is 62.5 cm³/mol. The van der Waals surface area contributed by atoms with Crippen molar-refractivity contribution in [3.63, 3.8) is 0 Å². The Hall–Kier alpha value is -1.88. The van der Waals surface area contributed by atoms with Gasteiger partial charge in [0.15, 0.2) is 0 Å². The Morgan fingerprint density at radius 2 is 1.94 bits per heavy atom. The van der Waals surface area contributed by atoms with Crippen molar-refractivity contribution in [2.45, 2.75) is 6.67 Å². The zero-order valence-electron chi connectivity index (χ0n) is 9.23. The molecule has 0 radical (unpaired) electrons. The van der Waals surface area contributed by atoms with E-state index in [2.05, 4.69) is 5.32 Å². The minimum Gasteiger partial charge on any atom is -0.302 e. The predicted octanol–water partition coefficient (Wildman–Crippen LogP) is -0.123. The summed E-state index contributed by atoms with van der Waals surface area (Å²) in [5, 5.41) is 3.36. The van der Waals surface area contributed by atoms with E-state index in [0.29, 0.717) is 10.9 Å². The summed E-state index contributed by atoms with van der Waals surface area (Å²) in [5.74, 6) is 0. The van der Waals surface area contributed by atoms with Crippen molar-refractivity contribution >= 4 is 10.9 Å². The third-order valence-corrected chi connectivity index (χ3v) is 2.58. The van der Waals surface area contributed by atoms with Gasteiger partial charge in [0.2, 0.25) is 0 Å². The highest BCUT2D eigenvalue weighted by Crippen LogP contribution is 2.05. The molecule has 0 aliphatic heterocycles. The molecule has 84 valence electrons. The largest absolute Gasteiger partial charge is 0.332 e. The number of aryl methyl sites for hydroxylation is 1. The van der Waals surface area contributed by atoms with Crippen LogP contribution in [0.4, 0.5) is 0 Å². The number of benzene rings is 1. The van der Waals surface area contributed by atoms with Crippen LogP contribution in [0.3, 0.4) is 0 Å². The van der Waals surface area contributed by atoms with Crippen LogP contribution in [0.15, 0.2) is 33.9 Å². The second-order valence-corrected chi connectivity index (χ2v) is 3.60. The van der Waals surface area contributed by atoms with Crippen LogP contribution < -0.4 is 16.6 Å². The highest BCUT2D eigenvalue weighted by atomic mass is 16.2. The Balaban J connectivity index is 2.95. The summed E-state index contributed by atoms with van der Waals surface area (Å²) in [6, 6.07) is 7.09. The van der Waals surface area contributed by atoms with Crippen LogP contribution in [0, 0.1) is 0 Å². The van der Waals surface area contributed by atoms with Gasteiger partial charge in [0.05, 0.1) is 17.6 Å². The Bertz CT molecular complexity index is 640. The van der Waals surface area contributed by atoms with Crippen LogP contribution >= 0.6 is 0 Å². The summed E-state index contributed by atoms with van der Waals surface area (Å²) in [7, 11) is 3.36. The lowest BCUT2D eigenvalue weighted by molar-refractivity contribution is 0.553. The fraction of sp³-hybridized carbons (Fsp3) is 0.273. The van der Waals surface area contributed by atoms with Gasteiger partial charge in [-0.05, 0) is 19.2 Å². The van der Waals surface area contributed by atoms with E-state index in [0.717, 1.165) is 0 Å². The first-order valence-corrected chi connectivity index (χ1v) is 5.00. The van der Waals surface area contributed by atoms with Gasteiger partial charge in [-0.3, -0.25) is 9.36 Å². The van der Waals surface area contributed by atoms with Crippen LogP contribution in [0.25, 0.3) is 10.9 Å². The summed E-state index contributed by atoms with van der Waals surface area (Å²) in [5.41, 5.74) is 0.0935. The maximum atomic E-state index is 12.0. The third kappa shape index (κ3) is 1.45. The quantitative estimate of drug-likeness (QED) is 0.766. The average Bonchev–Trinajstić information content (AvgIpc) is 2.32. The van der Waals surface area contributed by atoms with E-state index in [1.807, 2.05) is 6.07 Å². The number of hydrogen-bond acceptors (Lipinski definition) is 3. The lowest BCUT2D eigenvalue weighted by Crippen LogP contribution is -2.41. The Morgan fingerprint density at radius 3 is 2.62 bits per heavy atom. The molecule has 1 N–H and O–H groups in total. The van der Waals surface area contributed by atoms with Gasteiger partial charge in [0.1, 0.15) is 0 Å². The van der Waals surface area contributed by atoms with Gasteiger partial charge >= 0.3 is 5.69 Å². The molecule has 5 nitrogen and oxygen atoms in total. The first-order chi connectivity index (χ1) is 7.66. The van der Waals surface area contributed by atoms with Gasteiger partial charge in [-0.2, -0.15) is 0 Å². The van der Waals surface area contributed by atoms with E-state index in [9.17, 15) is 9.59 Å². The van der Waals surface area contributed by atoms with Crippen LogP contribution in [-0.2, 0) is 13.7 Å². The first kappa shape index (κ1) is 10.6. The lowest BCUT2D eigenvalue weighted by atomic mass is 10.2. The summed E-state index contributed by atoms with van der Waals surface area (Å²) < 4.78 is 2.66. The van der Waals surface area contributed by atoms with Crippen molar-refractivity contribution in [3.8, 4) is 0 Å². The molecule has 0 aliphatic carbocycles. The van der Waals surface area contributed by atoms with Crippen molar-refractivity contribution in [2.24, 2.45) is 7.05 Å². The molecule has 5 heteroatoms. The zero-order valence-corrected chi connectivity index (χ0v) is 9.23. The first-order valence-electron chi connectivity index (χ1n) is 5.00. The number of para-hydroxylation sites is 1. The monoisotopic (exact) mass is 219 g/mol. The summed E-state index contributed by atoms with van der Waals surface area (Å²) in [4.78, 5) is 23.9. The maximum Gasteiger partial charge on any atom is 0.332 e. The summed E-state index contributed by atoms with van der Waals surface area (Å²) in [6.07, 6.45) is 0. The Kier molecular flexibility index (Phi) is 2.62. The number of fused-ring (bicyclic) bond motifs is 1. The molecule has 0 atom stereocenters. The van der Waals surface area contributed by atoms with Gasteiger partial charge in [-0.15, -0.1) is 0 Å². The normalized spacial score (nSPS) is 10.9. The molecule has 2 aromatic rings. The summed E-state index contributed by atoms with van der Waals surface area (Å²) in [6.45, 7) is 0.219. The second-order valence-electron chi connectivity index (χ2n) is 3.60. The third-order valence-electron chi connectivity index (χ3n) is 2.58. The van der Waals surface area contributed by atoms with Gasteiger partial charge in [-0.1, -0.05) is 12.1 Å². The van der Waals surface area contributed by atoms with E-state index >= 15 is 0 Å². The Morgan fingerprint density at radius 1 is 1.25 bits per heavy atom. The molecule has 0 aliphatic rings. The number of nitrogens with one attached hydrogen (secondary N) is 1. The number of aromatic nitrogens is 2. The van der Waals surface area contributed by atoms with E-state index in [1.54, 1.807) is 32.3 Å². The molecular weight excluding hydrogens is 206 g/mol. The van der Waals surface area contributed by atoms with Crippen molar-refractivity contribution < 1.29 is 0 Å². The number of nitrogens with zero attached hydrogens (tertiary/aromatic N) is 2. The van der Waals surface area contributed by atoms with Crippen LogP contribution in [0.1, 0.15) is 0 Å². The Labute approximate surface area is 91.9 Å². The highest BCUT2D eigenvalue weighted by molar-refractivity contribution is 5.77. The molecular formula is C11H13N3O2. The van der Waals surface area contributed by atoms with E-state index in [-0.39, 0.29) is 17.9 Å². The molecule has 0 bridgehead atoms. The van der Waals surface area contributed by atoms with Crippen LogP contribution in [-0.4, -0.2) is 16.2 Å². The number of rotatable bonds is 2. The fourth-order valence-corrected chi connectivity index (χ4v) is 1.76. The second kappa shape index (κ2) is 3.94. The molecule has 2 rings (SSSR count). The topological polar surface area (TPSA) is 56.0 Å². The van der Waals surface area contributed by atoms with E-state index in [1.165, 1.54) is 9.13 Å². The standard InChI is InChI=1S/C11H13N3O2/c1-12-7-14-10(15)8-5-3-4-6-9(8)13(2)11(14)16/h3-6,12H,7H2,1-2H3. The average molecular weight is 219 g/mol. The fourth-order valence-electron chi connectivity index (χ4n) is 1.76. The molecule has 0 unspecified atom stereocenters. The molecule has 0 fully saturated rings. The SMILES string of the molecule is CNCn1c(=O)c2ccccc2n(C)c1=O. The molecule has 1 aromatic heterocycles. The molecule has 0 saturated heterocycles. The van der Waals surface area contributed by atoms with Crippen LogP contribution in [0.2, 0.25) is 0 Å². The molecule has 1 heterocycles. The summed E-state index contributed by atoms with van der Waals surface area (Å²) >= 11 is 0. The van der Waals surface area contributed by atoms with E-state index < -0.39 is 0 Å². The molecule has 0 amide bonds. The smallest absolute Gasteiger partial charge is 0.302 e. The molecule has 16 heavy (non-hydrogen) atoms. The van der Waals surface area contributed by atoms with Gasteiger partial charge in [0, 0.05) is 7.05 Å². The van der Waals surface area contributed by atoms with Gasteiger partial charge in [-0.25, -0.2) is 9.36 Å². The van der Waals surface area contributed by atoms with E-state index in [4.69, 9.17) is 0 Å². The zero-order chi connectivity index (χ0) is 11.7. The lowest BCUT2D eigenvalue weighted by Gasteiger charge is -2.09. The highest BCUT2D eigenvalue weighted by Gasteiger charge is 2.08. The molecule has 1 aromatic carbocycles. The minimum atomic E-state index is -0.307. The van der Waals surface area contributed by atoms with Gasteiger partial charge in [0.25, 0.3) is 5.56 Å².